The van der Waals surface area contributed by atoms with E-state index in [0.29, 0.717) is 5.69 Å². The number of anilines is 1. The van der Waals surface area contributed by atoms with Gasteiger partial charge in [0, 0.05) is 18.8 Å². The van der Waals surface area contributed by atoms with Crippen LogP contribution in [-0.4, -0.2) is 9.13 Å². The Labute approximate surface area is 87.9 Å². The highest BCUT2D eigenvalue weighted by Crippen LogP contribution is 2.18. The monoisotopic (exact) mass is 205 g/mol. The zero-order chi connectivity index (χ0) is 11.2. The summed E-state index contributed by atoms with van der Waals surface area (Å²) >= 11 is 0. The maximum absolute atomic E-state index is 11.9. The van der Waals surface area contributed by atoms with E-state index in [1.54, 1.807) is 16.2 Å². The molecule has 0 aliphatic rings. The van der Waals surface area contributed by atoms with Crippen molar-refractivity contribution in [3.63, 3.8) is 0 Å². The van der Waals surface area contributed by atoms with Crippen molar-refractivity contribution in [1.29, 1.82) is 0 Å². The first-order valence-corrected chi connectivity index (χ1v) is 4.99. The largest absolute Gasteiger partial charge is 0.399 e. The third-order valence-corrected chi connectivity index (χ3v) is 2.63. The number of imidazole rings is 1. The van der Waals surface area contributed by atoms with Gasteiger partial charge in [-0.2, -0.15) is 0 Å². The Balaban J connectivity index is 2.94. The van der Waals surface area contributed by atoms with Gasteiger partial charge in [0.25, 0.3) is 0 Å². The fourth-order valence-corrected chi connectivity index (χ4v) is 1.88. The lowest BCUT2D eigenvalue weighted by molar-refractivity contribution is 0.583. The summed E-state index contributed by atoms with van der Waals surface area (Å²) in [6.07, 6.45) is 0. The summed E-state index contributed by atoms with van der Waals surface area (Å²) in [7, 11) is 1.77. The molecule has 1 heterocycles. The molecule has 0 aliphatic heterocycles. The van der Waals surface area contributed by atoms with Gasteiger partial charge in [0.1, 0.15) is 0 Å². The zero-order valence-electron chi connectivity index (χ0n) is 9.19. The minimum absolute atomic E-state index is 0.00519. The molecule has 4 nitrogen and oxygen atoms in total. The zero-order valence-corrected chi connectivity index (χ0v) is 9.19. The smallest absolute Gasteiger partial charge is 0.329 e. The van der Waals surface area contributed by atoms with E-state index >= 15 is 0 Å². The van der Waals surface area contributed by atoms with Crippen molar-refractivity contribution in [2.75, 3.05) is 5.73 Å². The van der Waals surface area contributed by atoms with Crippen molar-refractivity contribution in [3.8, 4) is 0 Å². The lowest BCUT2D eigenvalue weighted by Crippen LogP contribution is -2.23. The van der Waals surface area contributed by atoms with Gasteiger partial charge in [-0.25, -0.2) is 4.79 Å². The van der Waals surface area contributed by atoms with Crippen LogP contribution >= 0.6 is 0 Å². The number of hydrogen-bond donors (Lipinski definition) is 1. The van der Waals surface area contributed by atoms with Crippen LogP contribution < -0.4 is 11.4 Å². The average Bonchev–Trinajstić information content (AvgIpc) is 2.41. The molecule has 1 aromatic heterocycles. The van der Waals surface area contributed by atoms with E-state index < -0.39 is 0 Å². The third kappa shape index (κ3) is 1.33. The topological polar surface area (TPSA) is 53.0 Å². The summed E-state index contributed by atoms with van der Waals surface area (Å²) in [4.78, 5) is 11.9. The molecule has 1 aromatic carbocycles. The standard InChI is InChI=1S/C11H15N3O/c1-7(2)14-9-5-4-8(12)6-10(9)13(3)11(14)15/h4-7H,12H2,1-3H3. The molecule has 2 rings (SSSR count). The molecule has 0 saturated carbocycles. The van der Waals surface area contributed by atoms with E-state index in [4.69, 9.17) is 5.73 Å². The number of aromatic nitrogens is 2. The fourth-order valence-electron chi connectivity index (χ4n) is 1.88. The molecular formula is C11H15N3O. The summed E-state index contributed by atoms with van der Waals surface area (Å²) in [5, 5.41) is 0. The number of aryl methyl sites for hydroxylation is 1. The van der Waals surface area contributed by atoms with Crippen LogP contribution in [0.5, 0.6) is 0 Å². The first-order chi connectivity index (χ1) is 7.02. The van der Waals surface area contributed by atoms with Crippen LogP contribution in [0.25, 0.3) is 11.0 Å². The quantitative estimate of drug-likeness (QED) is 0.717. The lowest BCUT2D eigenvalue weighted by atomic mass is 10.2. The molecule has 2 aromatic rings. The van der Waals surface area contributed by atoms with E-state index in [1.165, 1.54) is 0 Å². The van der Waals surface area contributed by atoms with Gasteiger partial charge in [0.15, 0.2) is 0 Å². The Kier molecular flexibility index (Phi) is 2.07. The maximum atomic E-state index is 11.9. The Morgan fingerprint density at radius 1 is 1.27 bits per heavy atom. The first kappa shape index (κ1) is 9.83. The summed E-state index contributed by atoms with van der Waals surface area (Å²) in [6, 6.07) is 5.70. The lowest BCUT2D eigenvalue weighted by Gasteiger charge is -2.06. The Bertz CT molecular complexity index is 563. The molecule has 15 heavy (non-hydrogen) atoms. The van der Waals surface area contributed by atoms with E-state index in [9.17, 15) is 4.79 Å². The van der Waals surface area contributed by atoms with Gasteiger partial charge < -0.3 is 5.73 Å². The SMILES string of the molecule is CC(C)n1c(=O)n(C)c2cc(N)ccc21. The fraction of sp³-hybridized carbons (Fsp3) is 0.364. The number of nitrogens with two attached hydrogens (primary N) is 1. The van der Waals surface area contributed by atoms with Crippen LogP contribution in [-0.2, 0) is 7.05 Å². The number of rotatable bonds is 1. The van der Waals surface area contributed by atoms with Gasteiger partial charge in [-0.3, -0.25) is 9.13 Å². The average molecular weight is 205 g/mol. The van der Waals surface area contributed by atoms with Gasteiger partial charge in [0.2, 0.25) is 0 Å². The Hall–Kier alpha value is -1.71. The Morgan fingerprint density at radius 2 is 1.93 bits per heavy atom. The highest BCUT2D eigenvalue weighted by atomic mass is 16.1. The molecule has 0 radical (unpaired) electrons. The molecule has 0 amide bonds. The molecular weight excluding hydrogens is 190 g/mol. The molecule has 0 spiro atoms. The summed E-state index contributed by atoms with van der Waals surface area (Å²) in [6.45, 7) is 3.99. The summed E-state index contributed by atoms with van der Waals surface area (Å²) in [5.74, 6) is 0. The van der Waals surface area contributed by atoms with Crippen molar-refractivity contribution in [2.24, 2.45) is 7.05 Å². The highest BCUT2D eigenvalue weighted by Gasteiger charge is 2.12. The molecule has 4 heteroatoms. The predicted octanol–water partition coefficient (Wildman–Crippen LogP) is 1.50. The number of fused-ring (bicyclic) bond motifs is 1. The van der Waals surface area contributed by atoms with Crippen LogP contribution in [0.15, 0.2) is 23.0 Å². The summed E-state index contributed by atoms with van der Waals surface area (Å²) in [5.41, 5.74) is 8.21. The van der Waals surface area contributed by atoms with Gasteiger partial charge >= 0.3 is 5.69 Å². The van der Waals surface area contributed by atoms with Gasteiger partial charge in [0.05, 0.1) is 11.0 Å². The number of benzene rings is 1. The molecule has 0 saturated heterocycles. The van der Waals surface area contributed by atoms with E-state index in [2.05, 4.69) is 0 Å². The minimum atomic E-state index is 0.00519. The van der Waals surface area contributed by atoms with Crippen molar-refractivity contribution in [3.05, 3.63) is 28.7 Å². The second-order valence-electron chi connectivity index (χ2n) is 4.05. The van der Waals surface area contributed by atoms with Crippen LogP contribution in [0, 0.1) is 0 Å². The molecule has 0 aliphatic carbocycles. The normalized spacial score (nSPS) is 11.5. The maximum Gasteiger partial charge on any atom is 0.329 e. The van der Waals surface area contributed by atoms with Crippen molar-refractivity contribution < 1.29 is 0 Å². The van der Waals surface area contributed by atoms with Crippen molar-refractivity contribution in [1.82, 2.24) is 9.13 Å². The van der Waals surface area contributed by atoms with Gasteiger partial charge in [-0.15, -0.1) is 0 Å². The second-order valence-corrected chi connectivity index (χ2v) is 4.05. The van der Waals surface area contributed by atoms with E-state index in [0.717, 1.165) is 11.0 Å². The van der Waals surface area contributed by atoms with Crippen LogP contribution in [0.4, 0.5) is 5.69 Å². The van der Waals surface area contributed by atoms with E-state index in [1.807, 2.05) is 32.0 Å². The number of hydrogen-bond acceptors (Lipinski definition) is 2. The molecule has 0 fully saturated rings. The molecule has 2 N–H and O–H groups in total. The van der Waals surface area contributed by atoms with Gasteiger partial charge in [-0.1, -0.05) is 0 Å². The minimum Gasteiger partial charge on any atom is -0.399 e. The third-order valence-electron chi connectivity index (χ3n) is 2.63. The predicted molar refractivity (Wildman–Crippen MR) is 62.0 cm³/mol. The number of nitrogens with zero attached hydrogens (tertiary/aromatic N) is 2. The van der Waals surface area contributed by atoms with Gasteiger partial charge in [-0.05, 0) is 32.0 Å². The molecule has 0 atom stereocenters. The highest BCUT2D eigenvalue weighted by molar-refractivity contribution is 5.79. The number of nitrogen functional groups attached to an aromatic ring is 1. The first-order valence-electron chi connectivity index (χ1n) is 4.99. The Morgan fingerprint density at radius 3 is 2.53 bits per heavy atom. The molecule has 0 unspecified atom stereocenters. The van der Waals surface area contributed by atoms with Crippen molar-refractivity contribution >= 4 is 16.7 Å². The van der Waals surface area contributed by atoms with Crippen LogP contribution in [0.2, 0.25) is 0 Å². The summed E-state index contributed by atoms with van der Waals surface area (Å²) < 4.78 is 3.40. The second kappa shape index (κ2) is 3.15. The van der Waals surface area contributed by atoms with Crippen molar-refractivity contribution in [2.45, 2.75) is 19.9 Å². The van der Waals surface area contributed by atoms with E-state index in [-0.39, 0.29) is 11.7 Å². The molecule has 0 bridgehead atoms. The van der Waals surface area contributed by atoms with Crippen LogP contribution in [0.3, 0.4) is 0 Å². The molecule has 80 valence electrons. The van der Waals surface area contributed by atoms with Crippen LogP contribution in [0.1, 0.15) is 19.9 Å².